The molecule has 0 bridgehead atoms. The molecular weight excluding hydrogens is 333 g/mol. The van der Waals surface area contributed by atoms with Crippen LogP contribution in [0.25, 0.3) is 6.08 Å². The second kappa shape index (κ2) is 6.52. The highest BCUT2D eigenvalue weighted by Crippen LogP contribution is 2.39. The fourth-order valence-corrected chi connectivity index (χ4v) is 3.52. The number of carbonyl (C=O) groups is 1. The molecule has 0 aromatic heterocycles. The zero-order valence-corrected chi connectivity index (χ0v) is 13.8. The second-order valence-electron chi connectivity index (χ2n) is 4.74. The van der Waals surface area contributed by atoms with E-state index in [1.165, 1.54) is 28.8 Å². The monoisotopic (exact) mass is 345 g/mol. The molecule has 2 aromatic rings. The van der Waals surface area contributed by atoms with Crippen LogP contribution in [0.3, 0.4) is 0 Å². The lowest BCUT2D eigenvalue weighted by atomic mass is 10.2. The van der Waals surface area contributed by atoms with E-state index in [4.69, 9.17) is 17.0 Å². The Balaban J connectivity index is 1.97. The van der Waals surface area contributed by atoms with Gasteiger partial charge in [-0.15, -0.1) is 0 Å². The summed E-state index contributed by atoms with van der Waals surface area (Å²) in [6.45, 7) is 0. The van der Waals surface area contributed by atoms with Gasteiger partial charge in [-0.05, 0) is 35.9 Å². The van der Waals surface area contributed by atoms with Gasteiger partial charge in [-0.2, -0.15) is 0 Å². The smallest absolute Gasteiger partial charge is 0.270 e. The topological polar surface area (TPSA) is 29.5 Å². The molecule has 1 aliphatic rings. The van der Waals surface area contributed by atoms with E-state index in [1.54, 1.807) is 37.5 Å². The summed E-state index contributed by atoms with van der Waals surface area (Å²) in [5.74, 6) is -0.0245. The van der Waals surface area contributed by atoms with Gasteiger partial charge in [0.2, 0.25) is 0 Å². The van der Waals surface area contributed by atoms with Crippen molar-refractivity contribution in [3.8, 4) is 5.75 Å². The molecule has 1 aliphatic heterocycles. The maximum absolute atomic E-state index is 13.3. The average molecular weight is 345 g/mol. The quantitative estimate of drug-likeness (QED) is 0.615. The van der Waals surface area contributed by atoms with Gasteiger partial charge in [0.15, 0.2) is 4.32 Å². The van der Waals surface area contributed by atoms with Gasteiger partial charge in [0.25, 0.3) is 5.91 Å². The normalized spacial score (nSPS) is 16.3. The third-order valence-corrected chi connectivity index (χ3v) is 4.57. The number of hydrogen-bond acceptors (Lipinski definition) is 4. The zero-order chi connectivity index (χ0) is 16.4. The predicted octanol–water partition coefficient (Wildman–Crippen LogP) is 4.24. The van der Waals surface area contributed by atoms with Crippen LogP contribution in [0.4, 0.5) is 10.1 Å². The number of para-hydroxylation sites is 2. The highest BCUT2D eigenvalue weighted by atomic mass is 32.2. The number of halogens is 1. The first-order valence-corrected chi connectivity index (χ1v) is 7.99. The molecule has 3 rings (SSSR count). The Kier molecular flexibility index (Phi) is 4.45. The molecule has 116 valence electrons. The van der Waals surface area contributed by atoms with E-state index in [1.807, 2.05) is 12.1 Å². The van der Waals surface area contributed by atoms with Crippen molar-refractivity contribution in [1.29, 1.82) is 0 Å². The van der Waals surface area contributed by atoms with Crippen molar-refractivity contribution in [3.63, 3.8) is 0 Å². The van der Waals surface area contributed by atoms with E-state index >= 15 is 0 Å². The molecule has 0 spiro atoms. The molecule has 2 aromatic carbocycles. The fourth-order valence-electron chi connectivity index (χ4n) is 2.24. The third kappa shape index (κ3) is 3.13. The summed E-state index contributed by atoms with van der Waals surface area (Å²) in [5.41, 5.74) is 1.21. The number of thioether (sulfide) groups is 1. The molecule has 0 unspecified atom stereocenters. The van der Waals surface area contributed by atoms with Crippen LogP contribution in [-0.4, -0.2) is 17.3 Å². The maximum Gasteiger partial charge on any atom is 0.270 e. The maximum atomic E-state index is 13.3. The fraction of sp³-hybridized carbons (Fsp3) is 0.0588. The van der Waals surface area contributed by atoms with Gasteiger partial charge in [0.05, 0.1) is 17.7 Å². The molecule has 0 atom stereocenters. The van der Waals surface area contributed by atoms with E-state index in [0.29, 0.717) is 26.2 Å². The van der Waals surface area contributed by atoms with Gasteiger partial charge in [-0.25, -0.2) is 4.39 Å². The molecule has 0 aliphatic carbocycles. The van der Waals surface area contributed by atoms with Crippen LogP contribution in [0.1, 0.15) is 5.56 Å². The summed E-state index contributed by atoms with van der Waals surface area (Å²) in [7, 11) is 1.54. The summed E-state index contributed by atoms with van der Waals surface area (Å²) in [6, 6.07) is 13.2. The molecule has 23 heavy (non-hydrogen) atoms. The van der Waals surface area contributed by atoms with Crippen LogP contribution in [0.15, 0.2) is 53.4 Å². The van der Waals surface area contributed by atoms with Crippen molar-refractivity contribution in [2.24, 2.45) is 0 Å². The number of methoxy groups -OCH3 is 1. The summed E-state index contributed by atoms with van der Waals surface area (Å²) in [4.78, 5) is 14.6. The van der Waals surface area contributed by atoms with Crippen molar-refractivity contribution >= 4 is 46.0 Å². The van der Waals surface area contributed by atoms with Crippen LogP contribution in [0.5, 0.6) is 5.75 Å². The molecular formula is C17H12FNO2S2. The number of benzene rings is 2. The van der Waals surface area contributed by atoms with E-state index in [-0.39, 0.29) is 11.7 Å². The molecule has 1 amide bonds. The number of thiocarbonyl (C=S) groups is 1. The number of amides is 1. The lowest BCUT2D eigenvalue weighted by molar-refractivity contribution is -0.113. The summed E-state index contributed by atoms with van der Waals surface area (Å²) in [6.07, 6.45) is 1.64. The van der Waals surface area contributed by atoms with Gasteiger partial charge < -0.3 is 4.74 Å². The van der Waals surface area contributed by atoms with E-state index in [0.717, 1.165) is 0 Å². The molecule has 0 saturated carbocycles. The second-order valence-corrected chi connectivity index (χ2v) is 6.42. The lowest BCUT2D eigenvalue weighted by Crippen LogP contribution is -2.27. The van der Waals surface area contributed by atoms with Crippen LogP contribution in [-0.2, 0) is 4.79 Å². The van der Waals surface area contributed by atoms with Crippen LogP contribution < -0.4 is 9.64 Å². The van der Waals surface area contributed by atoms with Crippen LogP contribution >= 0.6 is 24.0 Å². The van der Waals surface area contributed by atoms with E-state index in [9.17, 15) is 9.18 Å². The minimum atomic E-state index is -0.348. The Morgan fingerprint density at radius 3 is 2.74 bits per heavy atom. The highest BCUT2D eigenvalue weighted by molar-refractivity contribution is 8.27. The molecule has 0 N–H and O–H groups in total. The van der Waals surface area contributed by atoms with Crippen LogP contribution in [0.2, 0.25) is 0 Å². The number of rotatable bonds is 3. The molecule has 3 nitrogen and oxygen atoms in total. The first kappa shape index (κ1) is 15.7. The first-order chi connectivity index (χ1) is 11.1. The van der Waals surface area contributed by atoms with Gasteiger partial charge in [0.1, 0.15) is 11.6 Å². The van der Waals surface area contributed by atoms with Gasteiger partial charge >= 0.3 is 0 Å². The number of carbonyl (C=O) groups excluding carboxylic acids is 1. The van der Waals surface area contributed by atoms with Crippen molar-refractivity contribution < 1.29 is 13.9 Å². The molecule has 0 radical (unpaired) electrons. The lowest BCUT2D eigenvalue weighted by Gasteiger charge is -2.17. The number of nitrogens with zero attached hydrogens (tertiary/aromatic N) is 1. The number of ether oxygens (including phenoxy) is 1. The molecule has 1 heterocycles. The van der Waals surface area contributed by atoms with Crippen molar-refractivity contribution in [1.82, 2.24) is 0 Å². The van der Waals surface area contributed by atoms with E-state index in [2.05, 4.69) is 0 Å². The van der Waals surface area contributed by atoms with Crippen molar-refractivity contribution in [3.05, 3.63) is 64.8 Å². The standard InChI is InChI=1S/C17H12FNO2S2/c1-21-14-8-3-2-7-13(14)19-16(20)15(23-17(19)22)10-11-5-4-6-12(18)9-11/h2-10H,1H3/b15-10+. The Morgan fingerprint density at radius 1 is 1.22 bits per heavy atom. The van der Waals surface area contributed by atoms with Crippen LogP contribution in [0, 0.1) is 5.82 Å². The number of anilines is 1. The largest absolute Gasteiger partial charge is 0.495 e. The first-order valence-electron chi connectivity index (χ1n) is 6.76. The van der Waals surface area contributed by atoms with Gasteiger partial charge in [-0.3, -0.25) is 9.69 Å². The minimum absolute atomic E-state index is 0.242. The molecule has 6 heteroatoms. The van der Waals surface area contributed by atoms with Crippen molar-refractivity contribution in [2.75, 3.05) is 12.0 Å². The predicted molar refractivity (Wildman–Crippen MR) is 95.0 cm³/mol. The number of hydrogen-bond donors (Lipinski definition) is 0. The summed E-state index contributed by atoms with van der Waals surface area (Å²) < 4.78 is 19.0. The molecule has 1 fully saturated rings. The van der Waals surface area contributed by atoms with Crippen molar-refractivity contribution in [2.45, 2.75) is 0 Å². The van der Waals surface area contributed by atoms with Gasteiger partial charge in [-0.1, -0.05) is 48.2 Å². The Morgan fingerprint density at radius 2 is 2.00 bits per heavy atom. The average Bonchev–Trinajstić information content (AvgIpc) is 2.81. The minimum Gasteiger partial charge on any atom is -0.495 e. The summed E-state index contributed by atoms with van der Waals surface area (Å²) >= 11 is 6.51. The Hall–Kier alpha value is -2.18. The zero-order valence-electron chi connectivity index (χ0n) is 12.2. The highest BCUT2D eigenvalue weighted by Gasteiger charge is 2.34. The Labute approximate surface area is 142 Å². The molecule has 1 saturated heterocycles. The Bertz CT molecular complexity index is 820. The third-order valence-electron chi connectivity index (χ3n) is 3.27. The summed E-state index contributed by atoms with van der Waals surface area (Å²) in [5, 5.41) is 0. The van der Waals surface area contributed by atoms with Gasteiger partial charge in [0, 0.05) is 0 Å². The SMILES string of the molecule is COc1ccccc1N1C(=O)/C(=C\c2cccc(F)c2)SC1=S. The van der Waals surface area contributed by atoms with E-state index < -0.39 is 0 Å².